The molecule has 0 aromatic heterocycles. The fourth-order valence-electron chi connectivity index (χ4n) is 2.80. The molecule has 0 aliphatic heterocycles. The van der Waals surface area contributed by atoms with Crippen LogP contribution in [0.5, 0.6) is 0 Å². The second-order valence-electron chi connectivity index (χ2n) is 6.63. The van der Waals surface area contributed by atoms with Gasteiger partial charge in [-0.2, -0.15) is 13.2 Å². The number of hydrogen-bond donors (Lipinski definition) is 2. The first kappa shape index (κ1) is 17.8. The molecule has 1 saturated carbocycles. The highest BCUT2D eigenvalue weighted by Crippen LogP contribution is 2.39. The molecule has 5 heteroatoms. The van der Waals surface area contributed by atoms with Gasteiger partial charge in [0.2, 0.25) is 0 Å². The summed E-state index contributed by atoms with van der Waals surface area (Å²) in [5.41, 5.74) is 0. The van der Waals surface area contributed by atoms with E-state index in [1.54, 1.807) is 0 Å². The minimum absolute atomic E-state index is 0.169. The summed E-state index contributed by atoms with van der Waals surface area (Å²) < 4.78 is 38.2. The molecule has 0 aromatic rings. The van der Waals surface area contributed by atoms with E-state index in [4.69, 9.17) is 0 Å². The lowest BCUT2D eigenvalue weighted by molar-refractivity contribution is -0.185. The maximum atomic E-state index is 12.7. The van der Waals surface area contributed by atoms with Gasteiger partial charge in [0.1, 0.15) is 0 Å². The molecule has 3 atom stereocenters. The van der Waals surface area contributed by atoms with Crippen molar-refractivity contribution < 1.29 is 13.2 Å². The van der Waals surface area contributed by atoms with Gasteiger partial charge in [-0.05, 0) is 51.1 Å². The molecule has 120 valence electrons. The monoisotopic (exact) mass is 294 g/mol. The van der Waals surface area contributed by atoms with Gasteiger partial charge in [-0.1, -0.05) is 20.3 Å². The van der Waals surface area contributed by atoms with Gasteiger partial charge < -0.3 is 10.6 Å². The molecule has 20 heavy (non-hydrogen) atoms. The van der Waals surface area contributed by atoms with E-state index in [0.717, 1.165) is 19.5 Å². The second-order valence-corrected chi connectivity index (χ2v) is 6.63. The van der Waals surface area contributed by atoms with Gasteiger partial charge in [0.25, 0.3) is 0 Å². The Kier molecular flexibility index (Phi) is 7.30. The average molecular weight is 294 g/mol. The van der Waals surface area contributed by atoms with Crippen molar-refractivity contribution in [3.05, 3.63) is 0 Å². The quantitative estimate of drug-likeness (QED) is 0.750. The van der Waals surface area contributed by atoms with E-state index >= 15 is 0 Å². The molecule has 0 bridgehead atoms. The molecule has 0 saturated heterocycles. The van der Waals surface area contributed by atoms with Crippen molar-refractivity contribution in [3.8, 4) is 0 Å². The van der Waals surface area contributed by atoms with Crippen molar-refractivity contribution >= 4 is 0 Å². The van der Waals surface area contributed by atoms with Crippen LogP contribution in [-0.4, -0.2) is 31.9 Å². The zero-order valence-electron chi connectivity index (χ0n) is 12.9. The lowest BCUT2D eigenvalue weighted by Gasteiger charge is -2.31. The van der Waals surface area contributed by atoms with E-state index < -0.39 is 12.1 Å². The highest BCUT2D eigenvalue weighted by atomic mass is 19.4. The summed E-state index contributed by atoms with van der Waals surface area (Å²) in [6.45, 7) is 8.95. The fraction of sp³-hybridized carbons (Fsp3) is 1.00. The van der Waals surface area contributed by atoms with E-state index in [2.05, 4.69) is 31.4 Å². The predicted molar refractivity (Wildman–Crippen MR) is 76.7 cm³/mol. The summed E-state index contributed by atoms with van der Waals surface area (Å²) in [4.78, 5) is 0. The third-order valence-corrected chi connectivity index (χ3v) is 4.00. The molecule has 0 spiro atoms. The standard InChI is InChI=1S/C15H29F3N2/c1-11(2)8-19-9-12(3)20-10-13-5-4-6-14(7-13)15(16,17)18/h11-14,19-20H,4-10H2,1-3H3. The SMILES string of the molecule is CC(C)CNCC(C)NCC1CCCC(C(F)(F)F)C1. The number of rotatable bonds is 7. The average Bonchev–Trinajstić information content (AvgIpc) is 2.35. The highest BCUT2D eigenvalue weighted by Gasteiger charge is 2.41. The molecule has 3 unspecified atom stereocenters. The Balaban J connectivity index is 2.20. The number of alkyl halides is 3. The van der Waals surface area contributed by atoms with Crippen molar-refractivity contribution in [3.63, 3.8) is 0 Å². The Morgan fingerprint density at radius 1 is 1.10 bits per heavy atom. The van der Waals surface area contributed by atoms with Crippen LogP contribution < -0.4 is 10.6 Å². The lowest BCUT2D eigenvalue weighted by Crippen LogP contribution is -2.41. The van der Waals surface area contributed by atoms with Crippen LogP contribution >= 0.6 is 0 Å². The van der Waals surface area contributed by atoms with Crippen molar-refractivity contribution in [2.24, 2.45) is 17.8 Å². The largest absolute Gasteiger partial charge is 0.391 e. The molecule has 2 N–H and O–H groups in total. The molecule has 0 amide bonds. The van der Waals surface area contributed by atoms with Crippen molar-refractivity contribution in [1.82, 2.24) is 10.6 Å². The predicted octanol–water partition coefficient (Wildman–Crippen LogP) is 3.58. The Bertz CT molecular complexity index is 266. The Morgan fingerprint density at radius 2 is 1.80 bits per heavy atom. The number of nitrogens with one attached hydrogen (secondary N) is 2. The zero-order chi connectivity index (χ0) is 15.2. The Labute approximate surface area is 120 Å². The lowest BCUT2D eigenvalue weighted by atomic mass is 9.81. The molecule has 1 rings (SSSR count). The van der Waals surface area contributed by atoms with Crippen LogP contribution in [0.3, 0.4) is 0 Å². The van der Waals surface area contributed by atoms with E-state index in [1.165, 1.54) is 0 Å². The van der Waals surface area contributed by atoms with Crippen molar-refractivity contribution in [2.45, 2.75) is 58.7 Å². The van der Waals surface area contributed by atoms with E-state index in [9.17, 15) is 13.2 Å². The topological polar surface area (TPSA) is 24.1 Å². The van der Waals surface area contributed by atoms with Gasteiger partial charge in [-0.3, -0.25) is 0 Å². The Morgan fingerprint density at radius 3 is 2.40 bits per heavy atom. The van der Waals surface area contributed by atoms with Crippen LogP contribution in [0.25, 0.3) is 0 Å². The molecular formula is C15H29F3N2. The summed E-state index contributed by atoms with van der Waals surface area (Å²) in [7, 11) is 0. The van der Waals surface area contributed by atoms with Gasteiger partial charge in [-0.25, -0.2) is 0 Å². The summed E-state index contributed by atoms with van der Waals surface area (Å²) in [6.07, 6.45) is -1.78. The van der Waals surface area contributed by atoms with Gasteiger partial charge >= 0.3 is 6.18 Å². The minimum Gasteiger partial charge on any atom is -0.315 e. The summed E-state index contributed by atoms with van der Waals surface area (Å²) >= 11 is 0. The molecule has 0 aromatic carbocycles. The maximum Gasteiger partial charge on any atom is 0.391 e. The molecule has 0 heterocycles. The van der Waals surface area contributed by atoms with Crippen molar-refractivity contribution in [1.29, 1.82) is 0 Å². The van der Waals surface area contributed by atoms with Crippen LogP contribution in [0.2, 0.25) is 0 Å². The van der Waals surface area contributed by atoms with E-state index in [-0.39, 0.29) is 5.92 Å². The minimum atomic E-state index is -4.01. The van der Waals surface area contributed by atoms with Crippen LogP contribution in [0.1, 0.15) is 46.5 Å². The zero-order valence-corrected chi connectivity index (χ0v) is 12.9. The van der Waals surface area contributed by atoms with Crippen LogP contribution in [0.15, 0.2) is 0 Å². The van der Waals surface area contributed by atoms with Crippen LogP contribution in [-0.2, 0) is 0 Å². The Hall–Kier alpha value is -0.290. The van der Waals surface area contributed by atoms with E-state index in [0.29, 0.717) is 37.8 Å². The summed E-state index contributed by atoms with van der Waals surface area (Å²) in [5, 5.41) is 6.73. The second kappa shape index (κ2) is 8.23. The van der Waals surface area contributed by atoms with E-state index in [1.807, 2.05) is 0 Å². The van der Waals surface area contributed by atoms with Crippen molar-refractivity contribution in [2.75, 3.05) is 19.6 Å². The third-order valence-electron chi connectivity index (χ3n) is 4.00. The molecule has 2 nitrogen and oxygen atoms in total. The van der Waals surface area contributed by atoms with Gasteiger partial charge in [-0.15, -0.1) is 0 Å². The normalized spacial score (nSPS) is 25.9. The molecule has 0 radical (unpaired) electrons. The first-order chi connectivity index (χ1) is 9.29. The first-order valence-corrected chi connectivity index (χ1v) is 7.79. The number of halogens is 3. The fourth-order valence-corrected chi connectivity index (χ4v) is 2.80. The molecule has 1 aliphatic carbocycles. The van der Waals surface area contributed by atoms with Gasteiger partial charge in [0.05, 0.1) is 5.92 Å². The maximum absolute atomic E-state index is 12.7. The molecule has 1 aliphatic rings. The molecular weight excluding hydrogens is 265 g/mol. The third kappa shape index (κ3) is 6.93. The van der Waals surface area contributed by atoms with Gasteiger partial charge in [0, 0.05) is 12.6 Å². The first-order valence-electron chi connectivity index (χ1n) is 7.79. The summed E-state index contributed by atoms with van der Waals surface area (Å²) in [6, 6.07) is 0.306. The van der Waals surface area contributed by atoms with Gasteiger partial charge in [0.15, 0.2) is 0 Å². The van der Waals surface area contributed by atoms with Crippen LogP contribution in [0.4, 0.5) is 13.2 Å². The number of hydrogen-bond acceptors (Lipinski definition) is 2. The smallest absolute Gasteiger partial charge is 0.315 e. The molecule has 1 fully saturated rings. The summed E-state index contributed by atoms with van der Waals surface area (Å²) in [5.74, 6) is -0.298. The van der Waals surface area contributed by atoms with Crippen LogP contribution in [0, 0.1) is 17.8 Å². The highest BCUT2D eigenvalue weighted by molar-refractivity contribution is 4.80.